The number of nitrogens with one attached hydrogen (secondary N) is 2. The van der Waals surface area contributed by atoms with E-state index in [1.165, 1.54) is 24.4 Å². The van der Waals surface area contributed by atoms with Crippen LogP contribution < -0.4 is 5.32 Å². The number of nitrogens with zero attached hydrogens (tertiary/aromatic N) is 1. The van der Waals surface area contributed by atoms with Crippen molar-refractivity contribution in [1.82, 2.24) is 10.2 Å². The fraction of sp³-hybridized carbons (Fsp3) is 0.0833. The minimum Gasteiger partial charge on any atom is -0.478 e. The zero-order chi connectivity index (χ0) is 13.8. The molecule has 2 aromatic rings. The summed E-state index contributed by atoms with van der Waals surface area (Å²) >= 11 is 5.72. The standard InChI is InChI=1S/C12H10ClN3O3/c13-7-1-2-10(9(5-7)12(18)19)15-11(17)6-8-3-4-14-16-8/h1-5H,6H2,(H,14,16)(H,15,17)(H,18,19). The molecule has 6 nitrogen and oxygen atoms in total. The minimum absolute atomic E-state index is 0.0505. The number of hydrogen-bond donors (Lipinski definition) is 3. The van der Waals surface area contributed by atoms with Gasteiger partial charge in [0.25, 0.3) is 0 Å². The molecule has 0 saturated carbocycles. The number of aromatic carboxylic acids is 1. The predicted octanol–water partition coefficient (Wildman–Crippen LogP) is 1.94. The van der Waals surface area contributed by atoms with Crippen LogP contribution in [0.25, 0.3) is 0 Å². The van der Waals surface area contributed by atoms with Crippen molar-refractivity contribution < 1.29 is 14.7 Å². The van der Waals surface area contributed by atoms with Gasteiger partial charge in [0.05, 0.1) is 17.7 Å². The van der Waals surface area contributed by atoms with Gasteiger partial charge in [0.1, 0.15) is 0 Å². The second kappa shape index (κ2) is 5.53. The summed E-state index contributed by atoms with van der Waals surface area (Å²) in [5.41, 5.74) is 0.801. The summed E-state index contributed by atoms with van der Waals surface area (Å²) in [5.74, 6) is -1.49. The topological polar surface area (TPSA) is 95.1 Å². The Hall–Kier alpha value is -2.34. The van der Waals surface area contributed by atoms with Crippen LogP contribution >= 0.6 is 11.6 Å². The van der Waals surface area contributed by atoms with Crippen LogP contribution in [0, 0.1) is 0 Å². The number of anilines is 1. The fourth-order valence-electron chi connectivity index (χ4n) is 1.55. The number of rotatable bonds is 4. The van der Waals surface area contributed by atoms with Gasteiger partial charge in [0, 0.05) is 16.9 Å². The molecule has 1 amide bonds. The van der Waals surface area contributed by atoms with E-state index in [-0.39, 0.29) is 23.6 Å². The molecule has 0 radical (unpaired) electrons. The van der Waals surface area contributed by atoms with Crippen molar-refractivity contribution in [1.29, 1.82) is 0 Å². The Morgan fingerprint density at radius 1 is 1.37 bits per heavy atom. The van der Waals surface area contributed by atoms with E-state index in [2.05, 4.69) is 15.5 Å². The number of carboxylic acid groups (broad SMARTS) is 1. The van der Waals surface area contributed by atoms with E-state index in [0.717, 1.165) is 0 Å². The van der Waals surface area contributed by atoms with Gasteiger partial charge in [-0.3, -0.25) is 9.89 Å². The van der Waals surface area contributed by atoms with Crippen LogP contribution in [0.15, 0.2) is 30.5 Å². The summed E-state index contributed by atoms with van der Waals surface area (Å²) in [6.07, 6.45) is 1.62. The highest BCUT2D eigenvalue weighted by Crippen LogP contribution is 2.20. The van der Waals surface area contributed by atoms with Crippen LogP contribution in [0.5, 0.6) is 0 Å². The van der Waals surface area contributed by atoms with Crippen molar-refractivity contribution in [2.75, 3.05) is 5.32 Å². The third-order valence-electron chi connectivity index (χ3n) is 2.40. The third-order valence-corrected chi connectivity index (χ3v) is 2.63. The Kier molecular flexibility index (Phi) is 3.82. The van der Waals surface area contributed by atoms with Crippen LogP contribution in [0.2, 0.25) is 5.02 Å². The molecule has 2 rings (SSSR count). The predicted molar refractivity (Wildman–Crippen MR) is 69.3 cm³/mol. The molecule has 1 heterocycles. The molecule has 3 N–H and O–H groups in total. The first-order valence-corrected chi connectivity index (χ1v) is 5.75. The number of aromatic amines is 1. The molecule has 0 aliphatic rings. The molecule has 19 heavy (non-hydrogen) atoms. The van der Waals surface area contributed by atoms with Crippen molar-refractivity contribution in [3.63, 3.8) is 0 Å². The average molecular weight is 280 g/mol. The molecule has 1 aromatic heterocycles. The Balaban J connectivity index is 2.14. The van der Waals surface area contributed by atoms with Crippen LogP contribution in [-0.2, 0) is 11.2 Å². The molecule has 0 spiro atoms. The van der Waals surface area contributed by atoms with Gasteiger partial charge in [-0.05, 0) is 24.3 Å². The molecule has 98 valence electrons. The average Bonchev–Trinajstić information content (AvgIpc) is 2.83. The van der Waals surface area contributed by atoms with E-state index in [1.54, 1.807) is 6.07 Å². The molecule has 0 atom stereocenters. The highest BCUT2D eigenvalue weighted by atomic mass is 35.5. The van der Waals surface area contributed by atoms with Gasteiger partial charge in [-0.25, -0.2) is 4.79 Å². The summed E-state index contributed by atoms with van der Waals surface area (Å²) in [6, 6.07) is 5.92. The molecule has 0 aliphatic carbocycles. The van der Waals surface area contributed by atoms with Crippen LogP contribution in [0.1, 0.15) is 16.1 Å². The van der Waals surface area contributed by atoms with Gasteiger partial charge in [-0.2, -0.15) is 5.10 Å². The lowest BCUT2D eigenvalue weighted by Crippen LogP contribution is -2.17. The first-order valence-electron chi connectivity index (χ1n) is 5.37. The number of benzene rings is 1. The first kappa shape index (κ1) is 13.1. The van der Waals surface area contributed by atoms with E-state index in [1.807, 2.05) is 0 Å². The third kappa shape index (κ3) is 3.32. The normalized spacial score (nSPS) is 10.2. The summed E-state index contributed by atoms with van der Waals surface area (Å²) in [7, 11) is 0. The number of carbonyl (C=O) groups excluding carboxylic acids is 1. The van der Waals surface area contributed by atoms with Crippen molar-refractivity contribution >= 4 is 29.2 Å². The molecule has 0 bridgehead atoms. The number of carbonyl (C=O) groups is 2. The Labute approximate surface area is 113 Å². The highest BCUT2D eigenvalue weighted by Gasteiger charge is 2.13. The van der Waals surface area contributed by atoms with Crippen molar-refractivity contribution in [3.05, 3.63) is 46.7 Å². The molecule has 1 aromatic carbocycles. The summed E-state index contributed by atoms with van der Waals surface area (Å²) in [4.78, 5) is 22.8. The van der Waals surface area contributed by atoms with Gasteiger partial charge >= 0.3 is 5.97 Å². The van der Waals surface area contributed by atoms with Gasteiger partial charge in [0.2, 0.25) is 5.91 Å². The monoisotopic (exact) mass is 279 g/mol. The van der Waals surface area contributed by atoms with Gasteiger partial charge in [0.15, 0.2) is 0 Å². The summed E-state index contributed by atoms with van der Waals surface area (Å²) < 4.78 is 0. The van der Waals surface area contributed by atoms with E-state index in [4.69, 9.17) is 16.7 Å². The minimum atomic E-state index is -1.15. The maximum atomic E-state index is 11.8. The SMILES string of the molecule is O=C(Cc1ccn[nH]1)Nc1ccc(Cl)cc1C(=O)O. The number of halogens is 1. The smallest absolute Gasteiger partial charge is 0.337 e. The second-order valence-corrected chi connectivity index (χ2v) is 4.24. The van der Waals surface area contributed by atoms with E-state index in [0.29, 0.717) is 10.7 Å². The second-order valence-electron chi connectivity index (χ2n) is 3.80. The lowest BCUT2D eigenvalue weighted by Gasteiger charge is -2.08. The molecule has 0 saturated heterocycles. The summed E-state index contributed by atoms with van der Waals surface area (Å²) in [5, 5.41) is 18.2. The Morgan fingerprint density at radius 3 is 2.79 bits per heavy atom. The number of hydrogen-bond acceptors (Lipinski definition) is 3. The lowest BCUT2D eigenvalue weighted by atomic mass is 10.1. The van der Waals surface area contributed by atoms with Crippen molar-refractivity contribution in [2.45, 2.75) is 6.42 Å². The number of amides is 1. The molecule has 0 unspecified atom stereocenters. The highest BCUT2D eigenvalue weighted by molar-refractivity contribution is 6.31. The van der Waals surface area contributed by atoms with Crippen LogP contribution in [0.4, 0.5) is 5.69 Å². The number of H-pyrrole nitrogens is 1. The van der Waals surface area contributed by atoms with E-state index in [9.17, 15) is 9.59 Å². The number of aromatic nitrogens is 2. The first-order chi connectivity index (χ1) is 9.06. The van der Waals surface area contributed by atoms with Crippen LogP contribution in [0.3, 0.4) is 0 Å². The maximum Gasteiger partial charge on any atom is 0.337 e. The Morgan fingerprint density at radius 2 is 2.16 bits per heavy atom. The zero-order valence-electron chi connectivity index (χ0n) is 9.68. The lowest BCUT2D eigenvalue weighted by molar-refractivity contribution is -0.115. The van der Waals surface area contributed by atoms with Gasteiger partial charge in [-0.1, -0.05) is 11.6 Å². The molecular formula is C12H10ClN3O3. The van der Waals surface area contributed by atoms with Gasteiger partial charge < -0.3 is 10.4 Å². The summed E-state index contributed by atoms with van der Waals surface area (Å²) in [6.45, 7) is 0. The molecule has 0 aliphatic heterocycles. The van der Waals surface area contributed by atoms with Gasteiger partial charge in [-0.15, -0.1) is 0 Å². The fourth-order valence-corrected chi connectivity index (χ4v) is 1.73. The Bertz CT molecular complexity index is 611. The van der Waals surface area contributed by atoms with Crippen molar-refractivity contribution in [3.8, 4) is 0 Å². The quantitative estimate of drug-likeness (QED) is 0.797. The van der Waals surface area contributed by atoms with E-state index >= 15 is 0 Å². The number of carboxylic acids is 1. The molecule has 7 heteroatoms. The largest absolute Gasteiger partial charge is 0.478 e. The van der Waals surface area contributed by atoms with E-state index < -0.39 is 5.97 Å². The maximum absolute atomic E-state index is 11.8. The zero-order valence-corrected chi connectivity index (χ0v) is 10.4. The molecular weight excluding hydrogens is 270 g/mol. The van der Waals surface area contributed by atoms with Crippen LogP contribution in [-0.4, -0.2) is 27.2 Å². The van der Waals surface area contributed by atoms with Crippen molar-refractivity contribution in [2.24, 2.45) is 0 Å². The molecule has 0 fully saturated rings.